The number of rotatable bonds is 6. The molecule has 0 unspecified atom stereocenters. The van der Waals surface area contributed by atoms with Gasteiger partial charge in [-0.3, -0.25) is 4.79 Å². The van der Waals surface area contributed by atoms with Crippen LogP contribution in [0.25, 0.3) is 0 Å². The monoisotopic (exact) mass is 354 g/mol. The maximum absolute atomic E-state index is 12.2. The summed E-state index contributed by atoms with van der Waals surface area (Å²) in [4.78, 5) is 22.8. The van der Waals surface area contributed by atoms with Gasteiger partial charge in [0.25, 0.3) is 0 Å². The van der Waals surface area contributed by atoms with Crippen LogP contribution < -0.4 is 9.62 Å². The molecule has 4 heteroatoms. The second-order valence-corrected chi connectivity index (χ2v) is 7.18. The average molecular weight is 354 g/mol. The van der Waals surface area contributed by atoms with E-state index >= 15 is 0 Å². The third-order valence-corrected chi connectivity index (χ3v) is 4.89. The van der Waals surface area contributed by atoms with E-state index in [9.17, 15) is 4.79 Å². The highest BCUT2D eigenvalue weighted by molar-refractivity contribution is 5.75. The van der Waals surface area contributed by atoms with Crippen LogP contribution >= 0.6 is 0 Å². The molecule has 138 valence electrons. The van der Waals surface area contributed by atoms with Crippen molar-refractivity contribution in [3.8, 4) is 11.5 Å². The number of carbonyl (C=O) groups is 1. The first-order chi connectivity index (χ1) is 12.6. The molecule has 0 bridgehead atoms. The standard InChI is InChI=1S/C22H26O4/c1-16-3-7-18(8-4-16)15-24-26-21-13-11-20(12-14-21)25-22(23)19-9-5-17(2)6-10-19/h3-4,7-8,11-14,17,19H,5-6,9-10,15H2,1-2H3. The summed E-state index contributed by atoms with van der Waals surface area (Å²) in [7, 11) is 0. The molecule has 0 amide bonds. The molecule has 0 N–H and O–H groups in total. The quantitative estimate of drug-likeness (QED) is 0.308. The summed E-state index contributed by atoms with van der Waals surface area (Å²) >= 11 is 0. The first-order valence-corrected chi connectivity index (χ1v) is 9.27. The Morgan fingerprint density at radius 3 is 2.19 bits per heavy atom. The maximum Gasteiger partial charge on any atom is 0.314 e. The highest BCUT2D eigenvalue weighted by Crippen LogP contribution is 2.29. The summed E-state index contributed by atoms with van der Waals surface area (Å²) in [5.74, 6) is 1.74. The van der Waals surface area contributed by atoms with Gasteiger partial charge in [-0.2, -0.15) is 4.89 Å². The lowest BCUT2D eigenvalue weighted by Gasteiger charge is -2.24. The fourth-order valence-corrected chi connectivity index (χ4v) is 3.11. The fourth-order valence-electron chi connectivity index (χ4n) is 3.11. The third-order valence-electron chi connectivity index (χ3n) is 4.89. The van der Waals surface area contributed by atoms with E-state index in [-0.39, 0.29) is 11.9 Å². The molecule has 0 aliphatic heterocycles. The first kappa shape index (κ1) is 18.5. The molecule has 2 aromatic carbocycles. The summed E-state index contributed by atoms with van der Waals surface area (Å²) in [5, 5.41) is 0. The lowest BCUT2D eigenvalue weighted by atomic mass is 9.83. The van der Waals surface area contributed by atoms with Crippen molar-refractivity contribution in [2.24, 2.45) is 11.8 Å². The number of ether oxygens (including phenoxy) is 1. The van der Waals surface area contributed by atoms with Crippen molar-refractivity contribution in [3.63, 3.8) is 0 Å². The Labute approximate surface area is 155 Å². The van der Waals surface area contributed by atoms with Crippen molar-refractivity contribution in [1.82, 2.24) is 0 Å². The van der Waals surface area contributed by atoms with E-state index in [1.807, 2.05) is 31.2 Å². The van der Waals surface area contributed by atoms with E-state index in [1.54, 1.807) is 24.3 Å². The first-order valence-electron chi connectivity index (χ1n) is 9.27. The summed E-state index contributed by atoms with van der Waals surface area (Å²) in [5.41, 5.74) is 2.26. The van der Waals surface area contributed by atoms with Gasteiger partial charge >= 0.3 is 5.97 Å². The lowest BCUT2D eigenvalue weighted by molar-refractivity contribution is -0.217. The van der Waals surface area contributed by atoms with Crippen molar-refractivity contribution in [1.29, 1.82) is 0 Å². The van der Waals surface area contributed by atoms with Gasteiger partial charge in [0.2, 0.25) is 0 Å². The molecular formula is C22H26O4. The smallest absolute Gasteiger partial charge is 0.314 e. The predicted octanol–water partition coefficient (Wildman–Crippen LogP) is 5.24. The van der Waals surface area contributed by atoms with Crippen molar-refractivity contribution in [2.75, 3.05) is 0 Å². The van der Waals surface area contributed by atoms with Crippen LogP contribution in [0, 0.1) is 18.8 Å². The Hall–Kier alpha value is -2.33. The molecule has 1 aliphatic rings. The van der Waals surface area contributed by atoms with Gasteiger partial charge in [-0.25, -0.2) is 0 Å². The lowest BCUT2D eigenvalue weighted by Crippen LogP contribution is -2.24. The van der Waals surface area contributed by atoms with Gasteiger partial charge in [-0.1, -0.05) is 36.8 Å². The minimum Gasteiger partial charge on any atom is -0.426 e. The average Bonchev–Trinajstić information content (AvgIpc) is 2.65. The number of aryl methyl sites for hydroxylation is 1. The van der Waals surface area contributed by atoms with Crippen molar-refractivity contribution < 1.29 is 19.3 Å². The molecule has 0 saturated heterocycles. The topological polar surface area (TPSA) is 44.8 Å². The van der Waals surface area contributed by atoms with E-state index < -0.39 is 0 Å². The SMILES string of the molecule is Cc1ccc(COOc2ccc(OC(=O)C3CCC(C)CC3)cc2)cc1. The van der Waals surface area contributed by atoms with Crippen molar-refractivity contribution >= 4 is 5.97 Å². The third kappa shape index (κ3) is 5.33. The van der Waals surface area contributed by atoms with Gasteiger partial charge in [-0.15, -0.1) is 0 Å². The second-order valence-electron chi connectivity index (χ2n) is 7.18. The van der Waals surface area contributed by atoms with Crippen LogP contribution in [0.2, 0.25) is 0 Å². The summed E-state index contributed by atoms with van der Waals surface area (Å²) in [6.07, 6.45) is 4.05. The van der Waals surface area contributed by atoms with E-state index in [0.29, 0.717) is 18.1 Å². The maximum atomic E-state index is 12.2. The van der Waals surface area contributed by atoms with Gasteiger partial charge in [0.15, 0.2) is 5.75 Å². The minimum atomic E-state index is -0.124. The van der Waals surface area contributed by atoms with Gasteiger partial charge in [0.1, 0.15) is 12.4 Å². The number of hydrogen-bond donors (Lipinski definition) is 0. The van der Waals surface area contributed by atoms with E-state index in [4.69, 9.17) is 14.5 Å². The van der Waals surface area contributed by atoms with Crippen LogP contribution in [0.5, 0.6) is 11.5 Å². The Bertz CT molecular complexity index is 698. The van der Waals surface area contributed by atoms with E-state index in [0.717, 1.165) is 37.2 Å². The molecule has 0 aromatic heterocycles. The fraction of sp³-hybridized carbons (Fsp3) is 0.409. The number of benzene rings is 2. The van der Waals surface area contributed by atoms with Crippen LogP contribution in [-0.4, -0.2) is 5.97 Å². The Morgan fingerprint density at radius 1 is 0.923 bits per heavy atom. The molecule has 1 fully saturated rings. The summed E-state index contributed by atoms with van der Waals surface area (Å²) < 4.78 is 5.49. The molecule has 1 saturated carbocycles. The molecule has 4 nitrogen and oxygen atoms in total. The minimum absolute atomic E-state index is 0.0277. The largest absolute Gasteiger partial charge is 0.426 e. The molecule has 3 rings (SSSR count). The van der Waals surface area contributed by atoms with Crippen molar-refractivity contribution in [2.45, 2.75) is 46.1 Å². The second kappa shape index (κ2) is 8.86. The Morgan fingerprint density at radius 2 is 1.54 bits per heavy atom. The molecule has 2 aromatic rings. The number of carbonyl (C=O) groups excluding carboxylic acids is 1. The van der Waals surface area contributed by atoms with E-state index in [2.05, 4.69) is 6.92 Å². The van der Waals surface area contributed by atoms with E-state index in [1.165, 1.54) is 5.56 Å². The number of esters is 1. The summed E-state index contributed by atoms with van der Waals surface area (Å²) in [6.45, 7) is 4.66. The molecule has 26 heavy (non-hydrogen) atoms. The molecule has 1 aliphatic carbocycles. The molecule has 0 atom stereocenters. The predicted molar refractivity (Wildman–Crippen MR) is 99.8 cm³/mol. The zero-order valence-corrected chi connectivity index (χ0v) is 15.4. The zero-order chi connectivity index (χ0) is 18.4. The normalized spacial score (nSPS) is 19.8. The van der Waals surface area contributed by atoms with Gasteiger partial charge in [0.05, 0.1) is 5.92 Å². The van der Waals surface area contributed by atoms with Crippen LogP contribution in [0.4, 0.5) is 0 Å². The van der Waals surface area contributed by atoms with Crippen molar-refractivity contribution in [3.05, 3.63) is 59.7 Å². The summed E-state index contributed by atoms with van der Waals surface area (Å²) in [6, 6.07) is 15.0. The van der Waals surface area contributed by atoms with Gasteiger partial charge in [-0.05, 0) is 68.4 Å². The molecule has 0 spiro atoms. The van der Waals surface area contributed by atoms with Crippen LogP contribution in [0.15, 0.2) is 48.5 Å². The zero-order valence-electron chi connectivity index (χ0n) is 15.4. The Kier molecular flexibility index (Phi) is 6.29. The number of hydrogen-bond acceptors (Lipinski definition) is 4. The highest BCUT2D eigenvalue weighted by Gasteiger charge is 2.25. The molecular weight excluding hydrogens is 328 g/mol. The van der Waals surface area contributed by atoms with Gasteiger partial charge < -0.3 is 9.62 Å². The van der Waals surface area contributed by atoms with Crippen LogP contribution in [0.3, 0.4) is 0 Å². The highest BCUT2D eigenvalue weighted by atomic mass is 17.2. The van der Waals surface area contributed by atoms with Crippen LogP contribution in [0.1, 0.15) is 43.7 Å². The van der Waals surface area contributed by atoms with Crippen LogP contribution in [-0.2, 0) is 16.3 Å². The molecule has 0 heterocycles. The Balaban J connectivity index is 1.44. The van der Waals surface area contributed by atoms with Gasteiger partial charge in [0, 0.05) is 0 Å². The molecule has 0 radical (unpaired) electrons.